The molecule has 0 aliphatic heterocycles. The minimum Gasteiger partial charge on any atom is -0.431 e. The van der Waals surface area contributed by atoms with Gasteiger partial charge in [0.15, 0.2) is 5.76 Å². The first-order valence-electron chi connectivity index (χ1n) is 10.7. The maximum absolute atomic E-state index is 12.4. The number of rotatable bonds is 8. The average Bonchev–Trinajstić information content (AvgIpc) is 3.55. The van der Waals surface area contributed by atoms with Crippen LogP contribution in [-0.2, 0) is 12.3 Å². The predicted molar refractivity (Wildman–Crippen MR) is 134 cm³/mol. The van der Waals surface area contributed by atoms with Crippen molar-refractivity contribution in [3.8, 4) is 22.6 Å². The van der Waals surface area contributed by atoms with Crippen LogP contribution in [0, 0.1) is 0 Å². The molecule has 5 rings (SSSR count). The molecule has 34 heavy (non-hydrogen) atoms. The van der Waals surface area contributed by atoms with Gasteiger partial charge in [-0.25, -0.2) is 4.98 Å². The molecule has 1 amide bonds. The third-order valence-electron chi connectivity index (χ3n) is 4.97. The van der Waals surface area contributed by atoms with Gasteiger partial charge in [-0.3, -0.25) is 4.79 Å². The quantitative estimate of drug-likeness (QED) is 0.269. The standard InChI is InChI=1S/C26H20N4O2S2/c31-24(27-16-18-10-4-1-5-11-18)25-30-29-21(34-25)17-33-26-28-22(19-12-6-2-7-13-19)23(32-26)20-14-8-3-9-15-20/h1-15H,16-17H2,(H,27,31). The van der Waals surface area contributed by atoms with Gasteiger partial charge in [-0.05, 0) is 5.56 Å². The third kappa shape index (κ3) is 5.24. The Balaban J connectivity index is 1.28. The SMILES string of the molecule is O=C(NCc1ccccc1)c1nnc(CSc2nc(-c3ccccc3)c(-c3ccccc3)o2)s1. The van der Waals surface area contributed by atoms with E-state index in [9.17, 15) is 4.79 Å². The Labute approximate surface area is 205 Å². The van der Waals surface area contributed by atoms with Gasteiger partial charge in [-0.15, -0.1) is 10.2 Å². The van der Waals surface area contributed by atoms with Gasteiger partial charge in [-0.1, -0.05) is 114 Å². The highest BCUT2D eigenvalue weighted by molar-refractivity contribution is 7.98. The highest BCUT2D eigenvalue weighted by Gasteiger charge is 2.18. The Bertz CT molecular complexity index is 1310. The van der Waals surface area contributed by atoms with Gasteiger partial charge in [0.05, 0.1) is 5.75 Å². The van der Waals surface area contributed by atoms with Gasteiger partial charge in [0, 0.05) is 17.7 Å². The number of benzene rings is 3. The lowest BCUT2D eigenvalue weighted by Crippen LogP contribution is -2.22. The molecule has 0 unspecified atom stereocenters. The van der Waals surface area contributed by atoms with Gasteiger partial charge >= 0.3 is 0 Å². The number of amides is 1. The van der Waals surface area contributed by atoms with Crippen molar-refractivity contribution in [2.45, 2.75) is 17.5 Å². The summed E-state index contributed by atoms with van der Waals surface area (Å²) >= 11 is 2.71. The van der Waals surface area contributed by atoms with Crippen LogP contribution in [0.25, 0.3) is 22.6 Å². The fraction of sp³-hybridized carbons (Fsp3) is 0.0769. The molecule has 0 saturated heterocycles. The zero-order valence-corrected chi connectivity index (χ0v) is 19.7. The summed E-state index contributed by atoms with van der Waals surface area (Å²) in [6, 6.07) is 29.7. The van der Waals surface area contributed by atoms with E-state index in [4.69, 9.17) is 9.40 Å². The summed E-state index contributed by atoms with van der Waals surface area (Å²) in [4.78, 5) is 17.2. The number of nitrogens with one attached hydrogen (secondary N) is 1. The third-order valence-corrected chi connectivity index (χ3v) is 6.91. The molecule has 0 atom stereocenters. The smallest absolute Gasteiger partial charge is 0.282 e. The van der Waals surface area contributed by atoms with Crippen LogP contribution in [0.1, 0.15) is 20.4 Å². The minimum absolute atomic E-state index is 0.230. The summed E-state index contributed by atoms with van der Waals surface area (Å²) in [5, 5.41) is 12.7. The van der Waals surface area contributed by atoms with Crippen molar-refractivity contribution in [3.05, 3.63) is 107 Å². The molecule has 0 spiro atoms. The highest BCUT2D eigenvalue weighted by Crippen LogP contribution is 2.36. The van der Waals surface area contributed by atoms with Crippen molar-refractivity contribution < 1.29 is 9.21 Å². The highest BCUT2D eigenvalue weighted by atomic mass is 32.2. The molecule has 3 aromatic carbocycles. The molecular formula is C26H20N4O2S2. The van der Waals surface area contributed by atoms with Gasteiger partial charge in [-0.2, -0.15) is 0 Å². The van der Waals surface area contributed by atoms with E-state index in [1.807, 2.05) is 91.0 Å². The fourth-order valence-corrected chi connectivity index (χ4v) is 4.89. The van der Waals surface area contributed by atoms with Crippen LogP contribution in [0.15, 0.2) is 101 Å². The summed E-state index contributed by atoms with van der Waals surface area (Å²) < 4.78 is 6.15. The van der Waals surface area contributed by atoms with Crippen molar-refractivity contribution in [2.75, 3.05) is 0 Å². The number of thioether (sulfide) groups is 1. The summed E-state index contributed by atoms with van der Waals surface area (Å²) in [7, 11) is 0. The molecule has 8 heteroatoms. The number of nitrogens with zero attached hydrogens (tertiary/aromatic N) is 3. The van der Waals surface area contributed by atoms with Gasteiger partial charge < -0.3 is 9.73 Å². The largest absolute Gasteiger partial charge is 0.431 e. The van der Waals surface area contributed by atoms with E-state index in [0.29, 0.717) is 22.5 Å². The lowest BCUT2D eigenvalue weighted by Gasteiger charge is -2.01. The van der Waals surface area contributed by atoms with Gasteiger partial charge in [0.25, 0.3) is 11.1 Å². The summed E-state index contributed by atoms with van der Waals surface area (Å²) in [6.07, 6.45) is 0. The molecule has 0 radical (unpaired) electrons. The molecular weight excluding hydrogens is 464 g/mol. The van der Waals surface area contributed by atoms with Crippen LogP contribution < -0.4 is 5.32 Å². The number of hydrogen-bond donors (Lipinski definition) is 1. The molecule has 2 heterocycles. The summed E-state index contributed by atoms with van der Waals surface area (Å²) in [5.41, 5.74) is 3.79. The predicted octanol–water partition coefficient (Wildman–Crippen LogP) is 6.08. The van der Waals surface area contributed by atoms with E-state index in [0.717, 1.165) is 33.2 Å². The van der Waals surface area contributed by atoms with E-state index < -0.39 is 0 Å². The Morgan fingerprint density at radius 3 is 2.21 bits per heavy atom. The van der Waals surface area contributed by atoms with E-state index in [-0.39, 0.29) is 5.91 Å². The monoisotopic (exact) mass is 484 g/mol. The van der Waals surface area contributed by atoms with Crippen LogP contribution >= 0.6 is 23.1 Å². The summed E-state index contributed by atoms with van der Waals surface area (Å²) in [5.74, 6) is 1.01. The second-order valence-corrected chi connectivity index (χ2v) is 9.34. The second-order valence-electron chi connectivity index (χ2n) is 7.35. The molecule has 0 fully saturated rings. The topological polar surface area (TPSA) is 80.9 Å². The van der Waals surface area contributed by atoms with Crippen LogP contribution in [0.5, 0.6) is 0 Å². The lowest BCUT2D eigenvalue weighted by molar-refractivity contribution is 0.0950. The van der Waals surface area contributed by atoms with E-state index in [1.54, 1.807) is 0 Å². The van der Waals surface area contributed by atoms with Crippen LogP contribution in [0.2, 0.25) is 0 Å². The first-order valence-corrected chi connectivity index (χ1v) is 12.5. The maximum Gasteiger partial charge on any atom is 0.282 e. The maximum atomic E-state index is 12.4. The molecule has 168 valence electrons. The summed E-state index contributed by atoms with van der Waals surface area (Å²) in [6.45, 7) is 0.449. The molecule has 2 aromatic heterocycles. The van der Waals surface area contributed by atoms with Crippen LogP contribution in [-0.4, -0.2) is 21.1 Å². The first kappa shape index (κ1) is 22.1. The van der Waals surface area contributed by atoms with Crippen molar-refractivity contribution in [1.82, 2.24) is 20.5 Å². The molecule has 6 nitrogen and oxygen atoms in total. The average molecular weight is 485 g/mol. The van der Waals surface area contributed by atoms with Gasteiger partial charge in [0.1, 0.15) is 10.7 Å². The molecule has 5 aromatic rings. The number of oxazole rings is 1. The van der Waals surface area contributed by atoms with Crippen molar-refractivity contribution in [2.24, 2.45) is 0 Å². The van der Waals surface area contributed by atoms with Crippen LogP contribution in [0.3, 0.4) is 0 Å². The Kier molecular flexibility index (Phi) is 6.78. The number of hydrogen-bond acceptors (Lipinski definition) is 7. The second kappa shape index (κ2) is 10.5. The van der Waals surface area contributed by atoms with Crippen molar-refractivity contribution >= 4 is 29.0 Å². The zero-order valence-electron chi connectivity index (χ0n) is 18.0. The zero-order chi connectivity index (χ0) is 23.2. The number of carbonyl (C=O) groups excluding carboxylic acids is 1. The van der Waals surface area contributed by atoms with Crippen LogP contribution in [0.4, 0.5) is 0 Å². The van der Waals surface area contributed by atoms with E-state index in [2.05, 4.69) is 15.5 Å². The Morgan fingerprint density at radius 2 is 1.50 bits per heavy atom. The first-order chi connectivity index (χ1) is 16.8. The number of carbonyl (C=O) groups is 1. The molecule has 1 N–H and O–H groups in total. The Morgan fingerprint density at radius 1 is 0.853 bits per heavy atom. The minimum atomic E-state index is -0.230. The normalized spacial score (nSPS) is 10.8. The molecule has 0 bridgehead atoms. The van der Waals surface area contributed by atoms with E-state index >= 15 is 0 Å². The molecule has 0 aliphatic rings. The van der Waals surface area contributed by atoms with E-state index in [1.165, 1.54) is 23.1 Å². The lowest BCUT2D eigenvalue weighted by atomic mass is 10.1. The van der Waals surface area contributed by atoms with Crippen molar-refractivity contribution in [3.63, 3.8) is 0 Å². The van der Waals surface area contributed by atoms with Gasteiger partial charge in [0.2, 0.25) is 5.01 Å². The number of aromatic nitrogens is 3. The molecule has 0 aliphatic carbocycles. The molecule has 0 saturated carbocycles. The Hall–Kier alpha value is -3.75. The van der Waals surface area contributed by atoms with Crippen molar-refractivity contribution in [1.29, 1.82) is 0 Å². The fourth-order valence-electron chi connectivity index (χ4n) is 3.32.